The molecule has 5 heteroatoms. The molecule has 0 atom stereocenters. The number of hydrogen-bond donors (Lipinski definition) is 0. The van der Waals surface area contributed by atoms with Crippen LogP contribution >= 0.6 is 0 Å². The second kappa shape index (κ2) is 5.09. The minimum atomic E-state index is -3.60. The number of sulfone groups is 1. The van der Waals surface area contributed by atoms with E-state index < -0.39 is 21.5 Å². The Labute approximate surface area is 110 Å². The molecule has 0 saturated heterocycles. The van der Waals surface area contributed by atoms with Crippen molar-refractivity contribution in [3.8, 4) is 0 Å². The molecule has 0 aliphatic carbocycles. The number of hydrogen-bond acceptors (Lipinski definition) is 2. The van der Waals surface area contributed by atoms with E-state index in [1.165, 1.54) is 24.3 Å². The largest absolute Gasteiger partial charge is 0.223 e. The first-order valence-electron chi connectivity index (χ1n) is 5.61. The molecule has 0 bridgehead atoms. The van der Waals surface area contributed by atoms with Gasteiger partial charge in [-0.25, -0.2) is 17.2 Å². The summed E-state index contributed by atoms with van der Waals surface area (Å²) in [6.07, 6.45) is 0. The van der Waals surface area contributed by atoms with Crippen LogP contribution in [0.3, 0.4) is 0 Å². The van der Waals surface area contributed by atoms with Gasteiger partial charge in [0, 0.05) is 0 Å². The molecule has 0 heterocycles. The van der Waals surface area contributed by atoms with Gasteiger partial charge in [0.25, 0.3) is 0 Å². The van der Waals surface area contributed by atoms with Crippen molar-refractivity contribution in [2.24, 2.45) is 0 Å². The van der Waals surface area contributed by atoms with Gasteiger partial charge in [0.1, 0.15) is 11.6 Å². The van der Waals surface area contributed by atoms with Crippen molar-refractivity contribution in [1.82, 2.24) is 0 Å². The normalized spacial score (nSPS) is 11.5. The number of rotatable bonds is 3. The van der Waals surface area contributed by atoms with E-state index in [1.807, 2.05) is 0 Å². The zero-order valence-corrected chi connectivity index (χ0v) is 11.0. The molecule has 0 saturated carbocycles. The van der Waals surface area contributed by atoms with Crippen LogP contribution in [0.1, 0.15) is 11.1 Å². The average Bonchev–Trinajstić information content (AvgIpc) is 2.27. The third kappa shape index (κ3) is 3.38. The molecule has 0 radical (unpaired) electrons. The van der Waals surface area contributed by atoms with Crippen LogP contribution in [0.5, 0.6) is 0 Å². The minimum absolute atomic E-state index is 0.0239. The van der Waals surface area contributed by atoms with Gasteiger partial charge in [0.2, 0.25) is 0 Å². The Bertz CT molecular complexity index is 672. The molecule has 0 aliphatic heterocycles. The maximum Gasteiger partial charge on any atom is 0.182 e. The SMILES string of the molecule is Cc1cc(F)cc(CS(=O)(=O)c2ccc(F)cc2)c1. The summed E-state index contributed by atoms with van der Waals surface area (Å²) in [4.78, 5) is 0.0239. The highest BCUT2D eigenvalue weighted by atomic mass is 32.2. The Morgan fingerprint density at radius 1 is 0.947 bits per heavy atom. The van der Waals surface area contributed by atoms with E-state index >= 15 is 0 Å². The Kier molecular flexibility index (Phi) is 3.66. The van der Waals surface area contributed by atoms with E-state index in [9.17, 15) is 17.2 Å². The molecule has 0 N–H and O–H groups in total. The third-order valence-corrected chi connectivity index (χ3v) is 4.34. The van der Waals surface area contributed by atoms with Crippen LogP contribution in [-0.4, -0.2) is 8.42 Å². The highest BCUT2D eigenvalue weighted by molar-refractivity contribution is 7.90. The van der Waals surface area contributed by atoms with Crippen molar-refractivity contribution in [3.63, 3.8) is 0 Å². The molecule has 0 aliphatic rings. The second-order valence-corrected chi connectivity index (χ2v) is 6.34. The fourth-order valence-corrected chi connectivity index (χ4v) is 3.16. The van der Waals surface area contributed by atoms with E-state index in [2.05, 4.69) is 0 Å². The number of benzene rings is 2. The van der Waals surface area contributed by atoms with Gasteiger partial charge in [-0.2, -0.15) is 0 Å². The average molecular weight is 282 g/mol. The highest BCUT2D eigenvalue weighted by Gasteiger charge is 2.16. The van der Waals surface area contributed by atoms with Gasteiger partial charge in [-0.3, -0.25) is 0 Å². The summed E-state index contributed by atoms with van der Waals surface area (Å²) in [6.45, 7) is 1.69. The third-order valence-electron chi connectivity index (χ3n) is 2.63. The number of halogens is 2. The fourth-order valence-electron chi connectivity index (χ4n) is 1.84. The van der Waals surface area contributed by atoms with Crippen LogP contribution in [0.4, 0.5) is 8.78 Å². The quantitative estimate of drug-likeness (QED) is 0.810. The van der Waals surface area contributed by atoms with Gasteiger partial charge in [-0.05, 0) is 54.4 Å². The lowest BCUT2D eigenvalue weighted by molar-refractivity contribution is 0.593. The van der Waals surface area contributed by atoms with E-state index in [0.29, 0.717) is 11.1 Å². The maximum absolute atomic E-state index is 13.2. The topological polar surface area (TPSA) is 34.1 Å². The summed E-state index contributed by atoms with van der Waals surface area (Å²) in [6, 6.07) is 8.72. The van der Waals surface area contributed by atoms with Crippen molar-refractivity contribution < 1.29 is 17.2 Å². The Morgan fingerprint density at radius 3 is 2.16 bits per heavy atom. The lowest BCUT2D eigenvalue weighted by Crippen LogP contribution is -2.05. The summed E-state index contributed by atoms with van der Waals surface area (Å²) in [5, 5.41) is 0. The molecule has 0 fully saturated rings. The highest BCUT2D eigenvalue weighted by Crippen LogP contribution is 2.18. The monoisotopic (exact) mass is 282 g/mol. The summed E-state index contributed by atoms with van der Waals surface area (Å²) in [5.41, 5.74) is 1.03. The van der Waals surface area contributed by atoms with Crippen LogP contribution in [0.15, 0.2) is 47.4 Å². The van der Waals surface area contributed by atoms with Crippen LogP contribution in [0.2, 0.25) is 0 Å². The molecular weight excluding hydrogens is 270 g/mol. The zero-order valence-electron chi connectivity index (χ0n) is 10.2. The first-order chi connectivity index (χ1) is 8.87. The molecule has 0 spiro atoms. The lowest BCUT2D eigenvalue weighted by atomic mass is 10.1. The summed E-state index contributed by atoms with van der Waals surface area (Å²) < 4.78 is 50.2. The molecule has 2 aromatic carbocycles. The van der Waals surface area contributed by atoms with Gasteiger partial charge in [-0.15, -0.1) is 0 Å². The molecule has 2 nitrogen and oxygen atoms in total. The van der Waals surface area contributed by atoms with Gasteiger partial charge in [-0.1, -0.05) is 6.07 Å². The first-order valence-corrected chi connectivity index (χ1v) is 7.26. The standard InChI is InChI=1S/C14H12F2O2S/c1-10-6-11(8-13(16)7-10)9-19(17,18)14-4-2-12(15)3-5-14/h2-8H,9H2,1H3. The Morgan fingerprint density at radius 2 is 1.58 bits per heavy atom. The summed E-state index contributed by atoms with van der Waals surface area (Å²) in [5.74, 6) is -1.28. The zero-order chi connectivity index (χ0) is 14.0. The number of aryl methyl sites for hydroxylation is 1. The van der Waals surface area contributed by atoms with Crippen LogP contribution in [0.25, 0.3) is 0 Å². The van der Waals surface area contributed by atoms with E-state index in [-0.39, 0.29) is 10.6 Å². The molecule has 2 aromatic rings. The molecule has 0 amide bonds. The van der Waals surface area contributed by atoms with Crippen molar-refractivity contribution in [2.75, 3.05) is 0 Å². The smallest absolute Gasteiger partial charge is 0.182 e. The van der Waals surface area contributed by atoms with Crippen LogP contribution < -0.4 is 0 Å². The predicted molar refractivity (Wildman–Crippen MR) is 68.4 cm³/mol. The van der Waals surface area contributed by atoms with Crippen molar-refractivity contribution in [2.45, 2.75) is 17.6 Å². The van der Waals surface area contributed by atoms with Gasteiger partial charge in [0.15, 0.2) is 9.84 Å². The molecule has 2 rings (SSSR count). The summed E-state index contributed by atoms with van der Waals surface area (Å²) in [7, 11) is -3.60. The molecule has 19 heavy (non-hydrogen) atoms. The fraction of sp³-hybridized carbons (Fsp3) is 0.143. The van der Waals surface area contributed by atoms with Crippen molar-refractivity contribution >= 4 is 9.84 Å². The Balaban J connectivity index is 2.33. The van der Waals surface area contributed by atoms with Gasteiger partial charge in [0.05, 0.1) is 10.6 Å². The molecular formula is C14H12F2O2S. The predicted octanol–water partition coefficient (Wildman–Crippen LogP) is 3.25. The molecule has 100 valence electrons. The molecule has 0 aromatic heterocycles. The van der Waals surface area contributed by atoms with Gasteiger partial charge >= 0.3 is 0 Å². The molecule has 0 unspecified atom stereocenters. The second-order valence-electron chi connectivity index (χ2n) is 4.35. The van der Waals surface area contributed by atoms with E-state index in [1.54, 1.807) is 13.0 Å². The van der Waals surface area contributed by atoms with E-state index in [4.69, 9.17) is 0 Å². The maximum atomic E-state index is 13.2. The lowest BCUT2D eigenvalue weighted by Gasteiger charge is -2.06. The van der Waals surface area contributed by atoms with E-state index in [0.717, 1.165) is 12.1 Å². The van der Waals surface area contributed by atoms with Crippen LogP contribution in [0, 0.1) is 18.6 Å². The Hall–Kier alpha value is -1.75. The van der Waals surface area contributed by atoms with Crippen molar-refractivity contribution in [1.29, 1.82) is 0 Å². The van der Waals surface area contributed by atoms with Gasteiger partial charge < -0.3 is 0 Å². The minimum Gasteiger partial charge on any atom is -0.223 e. The summed E-state index contributed by atoms with van der Waals surface area (Å²) >= 11 is 0. The first kappa shape index (κ1) is 13.7. The van der Waals surface area contributed by atoms with Crippen molar-refractivity contribution in [3.05, 3.63) is 65.2 Å². The van der Waals surface area contributed by atoms with Crippen LogP contribution in [-0.2, 0) is 15.6 Å².